The van der Waals surface area contributed by atoms with E-state index in [-0.39, 0.29) is 6.10 Å². The van der Waals surface area contributed by atoms with E-state index in [0.29, 0.717) is 11.8 Å². The molecular formula is C10H18O. The third-order valence-corrected chi connectivity index (χ3v) is 2.70. The van der Waals surface area contributed by atoms with Crippen LogP contribution in [-0.4, -0.2) is 11.2 Å². The van der Waals surface area contributed by atoms with E-state index in [1.165, 1.54) is 6.42 Å². The highest BCUT2D eigenvalue weighted by Crippen LogP contribution is 2.33. The summed E-state index contributed by atoms with van der Waals surface area (Å²) >= 11 is 0. The minimum absolute atomic E-state index is 0.226. The Kier molecular flexibility index (Phi) is 2.72. The molecule has 1 N–H and O–H groups in total. The Morgan fingerprint density at radius 3 is 2.55 bits per heavy atom. The molecule has 0 saturated heterocycles. The molecule has 0 heterocycles. The first-order valence-electron chi connectivity index (χ1n) is 4.49. The smallest absolute Gasteiger partial charge is 0.0750 e. The summed E-state index contributed by atoms with van der Waals surface area (Å²) < 4.78 is 0. The maximum atomic E-state index is 9.50. The molecule has 1 heteroatoms. The molecule has 1 rings (SSSR count). The molecule has 0 unspecified atom stereocenters. The molecule has 64 valence electrons. The van der Waals surface area contributed by atoms with Crippen molar-refractivity contribution in [1.29, 1.82) is 0 Å². The second-order valence-electron chi connectivity index (χ2n) is 3.87. The summed E-state index contributed by atoms with van der Waals surface area (Å²) in [6, 6.07) is 0. The van der Waals surface area contributed by atoms with Gasteiger partial charge in [-0.15, -0.1) is 0 Å². The number of aliphatic hydroxyl groups is 1. The molecule has 0 aromatic heterocycles. The summed E-state index contributed by atoms with van der Waals surface area (Å²) in [5.74, 6) is 1.19. The van der Waals surface area contributed by atoms with Crippen LogP contribution in [0.25, 0.3) is 0 Å². The van der Waals surface area contributed by atoms with Gasteiger partial charge in [0.1, 0.15) is 0 Å². The molecule has 0 aliphatic heterocycles. The second-order valence-corrected chi connectivity index (χ2v) is 3.87. The zero-order valence-electron chi connectivity index (χ0n) is 7.51. The zero-order chi connectivity index (χ0) is 8.43. The number of aliphatic hydroxyl groups excluding tert-OH is 1. The minimum atomic E-state index is -0.226. The predicted molar refractivity (Wildman–Crippen MR) is 47.3 cm³/mol. The van der Waals surface area contributed by atoms with Crippen LogP contribution >= 0.6 is 0 Å². The predicted octanol–water partition coefficient (Wildman–Crippen LogP) is 2.36. The maximum absolute atomic E-state index is 9.50. The summed E-state index contributed by atoms with van der Waals surface area (Å²) in [4.78, 5) is 0. The average molecular weight is 154 g/mol. The highest BCUT2D eigenvalue weighted by atomic mass is 16.3. The summed E-state index contributed by atoms with van der Waals surface area (Å²) in [5, 5.41) is 9.50. The van der Waals surface area contributed by atoms with Crippen LogP contribution in [0.3, 0.4) is 0 Å². The Balaban J connectivity index is 2.58. The largest absolute Gasteiger partial charge is 0.389 e. The topological polar surface area (TPSA) is 20.2 Å². The molecule has 0 amide bonds. The van der Waals surface area contributed by atoms with E-state index in [0.717, 1.165) is 18.4 Å². The van der Waals surface area contributed by atoms with Gasteiger partial charge in [0.05, 0.1) is 6.10 Å². The molecule has 0 spiro atoms. The van der Waals surface area contributed by atoms with Gasteiger partial charge >= 0.3 is 0 Å². The molecule has 11 heavy (non-hydrogen) atoms. The van der Waals surface area contributed by atoms with Gasteiger partial charge in [0.15, 0.2) is 0 Å². The Morgan fingerprint density at radius 2 is 2.09 bits per heavy atom. The standard InChI is InChI=1S/C10H18O/c1-7(2)9-5-4-6-10(11)8(9)3/h7,9-11H,3-6H2,1-2H3/t9-,10-/m1/s1. The van der Waals surface area contributed by atoms with E-state index in [2.05, 4.69) is 20.4 Å². The molecule has 1 nitrogen and oxygen atoms in total. The summed E-state index contributed by atoms with van der Waals surface area (Å²) in [7, 11) is 0. The van der Waals surface area contributed by atoms with Gasteiger partial charge in [-0.1, -0.05) is 20.4 Å². The second kappa shape index (κ2) is 3.40. The molecule has 0 radical (unpaired) electrons. The minimum Gasteiger partial charge on any atom is -0.389 e. The Morgan fingerprint density at radius 1 is 1.45 bits per heavy atom. The van der Waals surface area contributed by atoms with E-state index < -0.39 is 0 Å². The van der Waals surface area contributed by atoms with Gasteiger partial charge < -0.3 is 5.11 Å². The van der Waals surface area contributed by atoms with Crippen molar-refractivity contribution in [3.63, 3.8) is 0 Å². The third kappa shape index (κ3) is 1.84. The lowest BCUT2D eigenvalue weighted by molar-refractivity contribution is 0.148. The molecule has 1 saturated carbocycles. The van der Waals surface area contributed by atoms with Crippen LogP contribution in [0, 0.1) is 11.8 Å². The fourth-order valence-corrected chi connectivity index (χ4v) is 1.91. The first kappa shape index (κ1) is 8.79. The van der Waals surface area contributed by atoms with Crippen molar-refractivity contribution in [2.75, 3.05) is 0 Å². The van der Waals surface area contributed by atoms with E-state index >= 15 is 0 Å². The lowest BCUT2D eigenvalue weighted by Crippen LogP contribution is -2.25. The molecular weight excluding hydrogens is 136 g/mol. The van der Waals surface area contributed by atoms with Gasteiger partial charge in [-0.3, -0.25) is 0 Å². The molecule has 1 aliphatic rings. The van der Waals surface area contributed by atoms with Gasteiger partial charge in [0, 0.05) is 0 Å². The molecule has 0 aromatic rings. The Labute approximate surface area is 69.1 Å². The SMILES string of the molecule is C=C1[C@H](O)CCC[C@@H]1C(C)C. The Bertz CT molecular complexity index is 149. The van der Waals surface area contributed by atoms with Crippen molar-refractivity contribution in [3.8, 4) is 0 Å². The van der Waals surface area contributed by atoms with Crippen molar-refractivity contribution in [2.24, 2.45) is 11.8 Å². The lowest BCUT2D eigenvalue weighted by Gasteiger charge is -2.31. The van der Waals surface area contributed by atoms with Crippen molar-refractivity contribution in [1.82, 2.24) is 0 Å². The van der Waals surface area contributed by atoms with Gasteiger partial charge in [-0.2, -0.15) is 0 Å². The fourth-order valence-electron chi connectivity index (χ4n) is 1.91. The van der Waals surface area contributed by atoms with Crippen LogP contribution in [0.15, 0.2) is 12.2 Å². The summed E-state index contributed by atoms with van der Waals surface area (Å²) in [6.07, 6.45) is 3.06. The van der Waals surface area contributed by atoms with E-state index in [9.17, 15) is 5.11 Å². The average Bonchev–Trinajstić information content (AvgIpc) is 1.94. The van der Waals surface area contributed by atoms with Crippen LogP contribution in [-0.2, 0) is 0 Å². The molecule has 0 bridgehead atoms. The van der Waals surface area contributed by atoms with Crippen LogP contribution in [0.4, 0.5) is 0 Å². The quantitative estimate of drug-likeness (QED) is 0.575. The third-order valence-electron chi connectivity index (χ3n) is 2.70. The van der Waals surface area contributed by atoms with Gasteiger partial charge in [0.25, 0.3) is 0 Å². The van der Waals surface area contributed by atoms with Crippen LogP contribution in [0.2, 0.25) is 0 Å². The number of rotatable bonds is 1. The van der Waals surface area contributed by atoms with Gasteiger partial charge in [-0.05, 0) is 36.7 Å². The fraction of sp³-hybridized carbons (Fsp3) is 0.800. The summed E-state index contributed by atoms with van der Waals surface area (Å²) in [6.45, 7) is 8.35. The molecule has 1 fully saturated rings. The molecule has 0 aromatic carbocycles. The van der Waals surface area contributed by atoms with Crippen molar-refractivity contribution < 1.29 is 5.11 Å². The first-order valence-corrected chi connectivity index (χ1v) is 4.49. The van der Waals surface area contributed by atoms with Crippen LogP contribution in [0.5, 0.6) is 0 Å². The highest BCUT2D eigenvalue weighted by Gasteiger charge is 2.25. The highest BCUT2D eigenvalue weighted by molar-refractivity contribution is 5.10. The van der Waals surface area contributed by atoms with E-state index in [1.807, 2.05) is 0 Å². The van der Waals surface area contributed by atoms with Crippen LogP contribution in [0.1, 0.15) is 33.1 Å². The van der Waals surface area contributed by atoms with Crippen molar-refractivity contribution in [2.45, 2.75) is 39.2 Å². The van der Waals surface area contributed by atoms with E-state index in [4.69, 9.17) is 0 Å². The zero-order valence-corrected chi connectivity index (χ0v) is 7.51. The van der Waals surface area contributed by atoms with Gasteiger partial charge in [-0.25, -0.2) is 0 Å². The number of hydrogen-bond acceptors (Lipinski definition) is 1. The Hall–Kier alpha value is -0.300. The number of hydrogen-bond donors (Lipinski definition) is 1. The monoisotopic (exact) mass is 154 g/mol. The molecule has 1 aliphatic carbocycles. The summed E-state index contributed by atoms with van der Waals surface area (Å²) in [5.41, 5.74) is 1.06. The molecule has 2 atom stereocenters. The lowest BCUT2D eigenvalue weighted by atomic mass is 9.77. The van der Waals surface area contributed by atoms with E-state index in [1.54, 1.807) is 0 Å². The maximum Gasteiger partial charge on any atom is 0.0750 e. The van der Waals surface area contributed by atoms with Crippen LogP contribution < -0.4 is 0 Å². The normalized spacial score (nSPS) is 32.9. The van der Waals surface area contributed by atoms with Gasteiger partial charge in [0.2, 0.25) is 0 Å². The first-order chi connectivity index (χ1) is 5.13. The van der Waals surface area contributed by atoms with Crippen molar-refractivity contribution >= 4 is 0 Å². The van der Waals surface area contributed by atoms with Crippen molar-refractivity contribution in [3.05, 3.63) is 12.2 Å².